The maximum Gasteiger partial charge on any atom is 0.0512 e. The van der Waals surface area contributed by atoms with Crippen molar-refractivity contribution in [1.82, 2.24) is 5.01 Å². The quantitative estimate of drug-likeness (QED) is 0.665. The molecule has 1 atom stereocenters. The predicted octanol–water partition coefficient (Wildman–Crippen LogP) is 0.999. The molecule has 3 heteroatoms. The van der Waals surface area contributed by atoms with Crippen molar-refractivity contribution in [3.63, 3.8) is 0 Å². The van der Waals surface area contributed by atoms with E-state index in [1.165, 1.54) is 19.3 Å². The van der Waals surface area contributed by atoms with Gasteiger partial charge in [-0.25, -0.2) is 5.01 Å². The van der Waals surface area contributed by atoms with Crippen LogP contribution in [0.1, 0.15) is 26.2 Å². The first-order valence-electron chi connectivity index (χ1n) is 5.34. The van der Waals surface area contributed by atoms with Gasteiger partial charge in [0.1, 0.15) is 0 Å². The summed E-state index contributed by atoms with van der Waals surface area (Å²) in [4.78, 5) is 0. The van der Waals surface area contributed by atoms with Crippen LogP contribution in [0.15, 0.2) is 0 Å². The Kier molecular flexibility index (Phi) is 2.58. The van der Waals surface area contributed by atoms with Gasteiger partial charge in [-0.3, -0.25) is 5.84 Å². The fourth-order valence-electron chi connectivity index (χ4n) is 2.76. The van der Waals surface area contributed by atoms with Gasteiger partial charge in [-0.15, -0.1) is 0 Å². The lowest BCUT2D eigenvalue weighted by Gasteiger charge is -2.42. The first-order chi connectivity index (χ1) is 6.27. The molecule has 2 aliphatic rings. The topological polar surface area (TPSA) is 38.5 Å². The zero-order valence-electron chi connectivity index (χ0n) is 8.46. The fraction of sp³-hybridized carbons (Fsp3) is 1.00. The van der Waals surface area contributed by atoms with Crippen LogP contribution >= 0.6 is 0 Å². The number of hydrazine groups is 1. The van der Waals surface area contributed by atoms with E-state index in [9.17, 15) is 0 Å². The van der Waals surface area contributed by atoms with Crippen molar-refractivity contribution < 1.29 is 4.74 Å². The lowest BCUT2D eigenvalue weighted by Crippen LogP contribution is -2.39. The van der Waals surface area contributed by atoms with Crippen LogP contribution in [0.3, 0.4) is 0 Å². The van der Waals surface area contributed by atoms with E-state index in [-0.39, 0.29) is 0 Å². The summed E-state index contributed by atoms with van der Waals surface area (Å²) in [7, 11) is 0. The third-order valence-electron chi connectivity index (χ3n) is 3.71. The second-order valence-corrected chi connectivity index (χ2v) is 4.50. The second-order valence-electron chi connectivity index (χ2n) is 4.50. The Balaban J connectivity index is 1.92. The summed E-state index contributed by atoms with van der Waals surface area (Å²) in [5, 5.41) is 1.98. The zero-order valence-corrected chi connectivity index (χ0v) is 8.46. The molecule has 1 saturated heterocycles. The largest absolute Gasteiger partial charge is 0.381 e. The normalized spacial score (nSPS) is 32.3. The van der Waals surface area contributed by atoms with Gasteiger partial charge >= 0.3 is 0 Å². The van der Waals surface area contributed by atoms with Crippen LogP contribution in [0.5, 0.6) is 0 Å². The fourth-order valence-corrected chi connectivity index (χ4v) is 2.76. The van der Waals surface area contributed by atoms with Gasteiger partial charge < -0.3 is 4.74 Å². The summed E-state index contributed by atoms with van der Waals surface area (Å²) in [6, 6.07) is 0. The van der Waals surface area contributed by atoms with Gasteiger partial charge in [-0.1, -0.05) is 6.42 Å². The molecule has 76 valence electrons. The Morgan fingerprint density at radius 2 is 2.31 bits per heavy atom. The van der Waals surface area contributed by atoms with E-state index < -0.39 is 0 Å². The van der Waals surface area contributed by atoms with Gasteiger partial charge in [-0.05, 0) is 25.2 Å². The minimum Gasteiger partial charge on any atom is -0.381 e. The molecule has 1 heterocycles. The molecule has 1 saturated carbocycles. The Morgan fingerprint density at radius 3 is 2.85 bits per heavy atom. The third kappa shape index (κ3) is 1.60. The predicted molar refractivity (Wildman–Crippen MR) is 52.0 cm³/mol. The van der Waals surface area contributed by atoms with Crippen LogP contribution in [0, 0.1) is 11.3 Å². The van der Waals surface area contributed by atoms with E-state index in [1.807, 2.05) is 5.01 Å². The van der Waals surface area contributed by atoms with Gasteiger partial charge in [0.2, 0.25) is 0 Å². The molecule has 1 aliphatic heterocycles. The standard InChI is InChI=1S/C10H20N2O/c1-2-13-7-9-6-12(11)8-10(9)4-3-5-10/h9H,2-8,11H2,1H3/t9-/m0/s1. The Labute approximate surface area is 80.2 Å². The maximum absolute atomic E-state index is 5.86. The molecule has 3 nitrogen and oxygen atoms in total. The zero-order chi connectivity index (χ0) is 9.31. The molecule has 0 radical (unpaired) electrons. The minimum absolute atomic E-state index is 0.532. The van der Waals surface area contributed by atoms with Crippen LogP contribution in [-0.4, -0.2) is 31.3 Å². The number of hydrogen-bond donors (Lipinski definition) is 1. The van der Waals surface area contributed by atoms with Gasteiger partial charge in [-0.2, -0.15) is 0 Å². The van der Waals surface area contributed by atoms with Crippen LogP contribution in [-0.2, 0) is 4.74 Å². The lowest BCUT2D eigenvalue weighted by molar-refractivity contribution is 0.0223. The number of nitrogens with two attached hydrogens (primary N) is 1. The highest BCUT2D eigenvalue weighted by Crippen LogP contribution is 2.50. The molecule has 0 aromatic rings. The molecular formula is C10H20N2O. The highest BCUT2D eigenvalue weighted by molar-refractivity contribution is 5.00. The molecular weight excluding hydrogens is 164 g/mol. The van der Waals surface area contributed by atoms with E-state index in [0.29, 0.717) is 11.3 Å². The summed E-state index contributed by atoms with van der Waals surface area (Å²) >= 11 is 0. The number of rotatable bonds is 3. The average Bonchev–Trinajstić information content (AvgIpc) is 2.38. The highest BCUT2D eigenvalue weighted by atomic mass is 16.5. The molecule has 2 N–H and O–H groups in total. The minimum atomic E-state index is 0.532. The first-order valence-corrected chi connectivity index (χ1v) is 5.34. The van der Waals surface area contributed by atoms with E-state index in [1.54, 1.807) is 0 Å². The van der Waals surface area contributed by atoms with E-state index in [0.717, 1.165) is 26.3 Å². The molecule has 0 aromatic carbocycles. The van der Waals surface area contributed by atoms with Crippen molar-refractivity contribution in [2.24, 2.45) is 17.2 Å². The van der Waals surface area contributed by atoms with Crippen molar-refractivity contribution >= 4 is 0 Å². The molecule has 2 fully saturated rings. The van der Waals surface area contributed by atoms with Gasteiger partial charge in [0, 0.05) is 25.6 Å². The van der Waals surface area contributed by atoms with Crippen LogP contribution in [0.4, 0.5) is 0 Å². The lowest BCUT2D eigenvalue weighted by atomic mass is 9.63. The summed E-state index contributed by atoms with van der Waals surface area (Å²) in [6.07, 6.45) is 4.10. The van der Waals surface area contributed by atoms with Crippen LogP contribution in [0.2, 0.25) is 0 Å². The van der Waals surface area contributed by atoms with Crippen molar-refractivity contribution in [2.45, 2.75) is 26.2 Å². The Morgan fingerprint density at radius 1 is 1.54 bits per heavy atom. The van der Waals surface area contributed by atoms with Gasteiger partial charge in [0.15, 0.2) is 0 Å². The van der Waals surface area contributed by atoms with Crippen LogP contribution in [0.25, 0.3) is 0 Å². The molecule has 0 amide bonds. The SMILES string of the molecule is CCOC[C@@H]1CN(N)CC12CCC2. The molecule has 13 heavy (non-hydrogen) atoms. The van der Waals surface area contributed by atoms with E-state index >= 15 is 0 Å². The van der Waals surface area contributed by atoms with Crippen LogP contribution < -0.4 is 5.84 Å². The molecule has 0 aromatic heterocycles. The first kappa shape index (κ1) is 9.44. The Hall–Kier alpha value is -0.120. The van der Waals surface area contributed by atoms with Crippen molar-refractivity contribution in [1.29, 1.82) is 0 Å². The third-order valence-corrected chi connectivity index (χ3v) is 3.71. The van der Waals surface area contributed by atoms with Crippen molar-refractivity contribution in [3.8, 4) is 0 Å². The molecule has 0 unspecified atom stereocenters. The Bertz CT molecular complexity index is 180. The van der Waals surface area contributed by atoms with Gasteiger partial charge in [0.05, 0.1) is 6.61 Å². The number of ether oxygens (including phenoxy) is 1. The average molecular weight is 184 g/mol. The van der Waals surface area contributed by atoms with Crippen molar-refractivity contribution in [3.05, 3.63) is 0 Å². The monoisotopic (exact) mass is 184 g/mol. The summed E-state index contributed by atoms with van der Waals surface area (Å²) in [5.41, 5.74) is 0.532. The molecule has 0 bridgehead atoms. The smallest absolute Gasteiger partial charge is 0.0512 e. The number of nitrogens with zero attached hydrogens (tertiary/aromatic N) is 1. The molecule has 1 aliphatic carbocycles. The highest BCUT2D eigenvalue weighted by Gasteiger charge is 2.49. The summed E-state index contributed by atoms with van der Waals surface area (Å²) in [6.45, 7) is 5.91. The second kappa shape index (κ2) is 3.56. The number of hydrogen-bond acceptors (Lipinski definition) is 3. The van der Waals surface area contributed by atoms with Gasteiger partial charge in [0.25, 0.3) is 0 Å². The van der Waals surface area contributed by atoms with Crippen molar-refractivity contribution in [2.75, 3.05) is 26.3 Å². The maximum atomic E-state index is 5.86. The molecule has 2 rings (SSSR count). The van der Waals surface area contributed by atoms with E-state index in [2.05, 4.69) is 6.92 Å². The van der Waals surface area contributed by atoms with E-state index in [4.69, 9.17) is 10.6 Å². The molecule has 1 spiro atoms. The summed E-state index contributed by atoms with van der Waals surface area (Å²) in [5.74, 6) is 6.55. The summed E-state index contributed by atoms with van der Waals surface area (Å²) < 4.78 is 5.51.